The molecule has 0 bridgehead atoms. The van der Waals surface area contributed by atoms with Crippen LogP contribution < -0.4 is 10.1 Å². The maximum atomic E-state index is 12.6. The minimum Gasteiger partial charge on any atom is -0.492 e. The van der Waals surface area contributed by atoms with Crippen LogP contribution in [0.1, 0.15) is 42.6 Å². The van der Waals surface area contributed by atoms with Gasteiger partial charge in [0, 0.05) is 24.1 Å². The molecule has 1 aromatic carbocycles. The normalized spacial score (nSPS) is 11.4. The molecule has 0 aliphatic rings. The third-order valence-electron chi connectivity index (χ3n) is 3.92. The number of nitrogens with zero attached hydrogens (tertiary/aromatic N) is 1. The second kappa shape index (κ2) is 9.73. The van der Waals surface area contributed by atoms with Gasteiger partial charge in [-0.3, -0.25) is 9.59 Å². The molecule has 0 saturated heterocycles. The Balaban J connectivity index is 1.87. The number of hydrogen-bond acceptors (Lipinski definition) is 4. The molecule has 5 nitrogen and oxygen atoms in total. The number of pyridine rings is 1. The second-order valence-electron chi connectivity index (χ2n) is 6.59. The molecule has 2 rings (SSSR count). The van der Waals surface area contributed by atoms with E-state index in [0.29, 0.717) is 17.8 Å². The van der Waals surface area contributed by atoms with Crippen LogP contribution in [-0.2, 0) is 11.0 Å². The van der Waals surface area contributed by atoms with Gasteiger partial charge in [-0.25, -0.2) is 4.98 Å². The van der Waals surface area contributed by atoms with Crippen LogP contribution in [0.4, 0.5) is 19.0 Å². The molecular formula is C20H20ClF3N2O3. The number of rotatable bonds is 8. The van der Waals surface area contributed by atoms with Crippen LogP contribution in [-0.4, -0.2) is 23.3 Å². The summed E-state index contributed by atoms with van der Waals surface area (Å²) in [7, 11) is 0. The highest BCUT2D eigenvalue weighted by Crippen LogP contribution is 2.34. The van der Waals surface area contributed by atoms with Crippen molar-refractivity contribution < 1.29 is 27.5 Å². The van der Waals surface area contributed by atoms with Crippen LogP contribution in [0, 0.1) is 5.92 Å². The van der Waals surface area contributed by atoms with Crippen molar-refractivity contribution in [3.05, 3.63) is 52.7 Å². The Morgan fingerprint density at radius 2 is 1.93 bits per heavy atom. The third-order valence-corrected chi connectivity index (χ3v) is 4.22. The Morgan fingerprint density at radius 1 is 1.21 bits per heavy atom. The van der Waals surface area contributed by atoms with Crippen LogP contribution in [0.2, 0.25) is 5.02 Å². The molecule has 156 valence electrons. The number of Topliss-reactive ketones (excluding diaryl/α,β-unsaturated/α-hetero) is 1. The van der Waals surface area contributed by atoms with Crippen molar-refractivity contribution in [3.8, 4) is 5.75 Å². The molecule has 0 unspecified atom stereocenters. The van der Waals surface area contributed by atoms with Crippen molar-refractivity contribution in [3.63, 3.8) is 0 Å². The van der Waals surface area contributed by atoms with E-state index in [1.54, 1.807) is 19.9 Å². The van der Waals surface area contributed by atoms with Crippen LogP contribution in [0.15, 0.2) is 36.5 Å². The molecule has 0 atom stereocenters. The van der Waals surface area contributed by atoms with Crippen molar-refractivity contribution >= 4 is 29.1 Å². The summed E-state index contributed by atoms with van der Waals surface area (Å²) < 4.78 is 43.3. The quantitative estimate of drug-likeness (QED) is 0.452. The zero-order valence-electron chi connectivity index (χ0n) is 15.8. The van der Waals surface area contributed by atoms with Crippen LogP contribution in [0.25, 0.3) is 0 Å². The van der Waals surface area contributed by atoms with Crippen molar-refractivity contribution in [2.45, 2.75) is 32.9 Å². The van der Waals surface area contributed by atoms with E-state index in [1.807, 2.05) is 0 Å². The summed E-state index contributed by atoms with van der Waals surface area (Å²) in [4.78, 5) is 28.0. The predicted octanol–water partition coefficient (Wildman–Crippen LogP) is 5.39. The van der Waals surface area contributed by atoms with Gasteiger partial charge >= 0.3 is 6.18 Å². The number of hydrogen-bond donors (Lipinski definition) is 1. The summed E-state index contributed by atoms with van der Waals surface area (Å²) in [6, 6.07) is 5.87. The van der Waals surface area contributed by atoms with Gasteiger partial charge < -0.3 is 10.1 Å². The van der Waals surface area contributed by atoms with E-state index in [-0.39, 0.29) is 41.4 Å². The van der Waals surface area contributed by atoms with Gasteiger partial charge in [-0.15, -0.1) is 0 Å². The number of ketones is 1. The van der Waals surface area contributed by atoms with E-state index in [2.05, 4.69) is 10.3 Å². The van der Waals surface area contributed by atoms with Crippen LogP contribution in [0.3, 0.4) is 0 Å². The highest BCUT2D eigenvalue weighted by atomic mass is 35.5. The van der Waals surface area contributed by atoms with Gasteiger partial charge in [0.2, 0.25) is 5.91 Å². The number of carbonyl (C=O) groups is 2. The Bertz CT molecular complexity index is 886. The molecule has 29 heavy (non-hydrogen) atoms. The summed E-state index contributed by atoms with van der Waals surface area (Å²) in [6.45, 7) is 3.60. The minimum atomic E-state index is -4.48. The number of ether oxygens (including phenoxy) is 1. The lowest BCUT2D eigenvalue weighted by Gasteiger charge is -2.11. The molecule has 1 amide bonds. The topological polar surface area (TPSA) is 68.3 Å². The first-order valence-corrected chi connectivity index (χ1v) is 9.25. The molecule has 1 aromatic heterocycles. The number of anilines is 1. The van der Waals surface area contributed by atoms with Crippen LogP contribution >= 0.6 is 11.6 Å². The first kappa shape index (κ1) is 22.7. The van der Waals surface area contributed by atoms with Crippen molar-refractivity contribution in [2.24, 2.45) is 5.92 Å². The number of carbonyl (C=O) groups excluding carboxylic acids is 2. The number of alkyl halides is 3. The highest BCUT2D eigenvalue weighted by Gasteiger charge is 2.31. The first-order valence-electron chi connectivity index (χ1n) is 8.87. The van der Waals surface area contributed by atoms with Crippen LogP contribution in [0.5, 0.6) is 5.75 Å². The molecule has 0 aliphatic heterocycles. The average Bonchev–Trinajstić information content (AvgIpc) is 2.65. The standard InChI is InChI=1S/C20H20ClF3N2O3/c1-12(2)19(28)26-18-10-13(7-8-25-18)16(27)4-3-9-29-17-6-5-14(11-15(17)21)20(22,23)24/h5-8,10-12H,3-4,9H2,1-2H3,(H,25,26,28). The van der Waals surface area contributed by atoms with E-state index >= 15 is 0 Å². The lowest BCUT2D eigenvalue weighted by Crippen LogP contribution is -2.18. The maximum absolute atomic E-state index is 12.6. The summed E-state index contributed by atoms with van der Waals surface area (Å²) >= 11 is 5.82. The summed E-state index contributed by atoms with van der Waals surface area (Å²) in [5.74, 6) is -0.180. The Hall–Kier alpha value is -2.61. The predicted molar refractivity (Wildman–Crippen MR) is 103 cm³/mol. The summed E-state index contributed by atoms with van der Waals surface area (Å²) in [5.41, 5.74) is -0.463. The number of nitrogens with one attached hydrogen (secondary N) is 1. The molecule has 1 N–H and O–H groups in total. The van der Waals surface area contributed by atoms with Gasteiger partial charge in [0.05, 0.1) is 17.2 Å². The largest absolute Gasteiger partial charge is 0.492 e. The second-order valence-corrected chi connectivity index (χ2v) is 7.00. The van der Waals surface area contributed by atoms with Gasteiger partial charge in [-0.2, -0.15) is 13.2 Å². The van der Waals surface area contributed by atoms with E-state index < -0.39 is 11.7 Å². The molecule has 0 fully saturated rings. The number of benzene rings is 1. The molecule has 0 saturated carbocycles. The molecular weight excluding hydrogens is 409 g/mol. The zero-order chi connectivity index (χ0) is 21.6. The smallest absolute Gasteiger partial charge is 0.416 e. The molecule has 0 radical (unpaired) electrons. The lowest BCUT2D eigenvalue weighted by atomic mass is 10.1. The van der Waals surface area contributed by atoms with E-state index in [9.17, 15) is 22.8 Å². The number of halogens is 4. The average molecular weight is 429 g/mol. The van der Waals surface area contributed by atoms with Crippen molar-refractivity contribution in [1.29, 1.82) is 0 Å². The number of amides is 1. The lowest BCUT2D eigenvalue weighted by molar-refractivity contribution is -0.137. The fraction of sp³-hybridized carbons (Fsp3) is 0.350. The minimum absolute atomic E-state index is 0.110. The SMILES string of the molecule is CC(C)C(=O)Nc1cc(C(=O)CCCOc2ccc(C(F)(F)F)cc2Cl)ccn1. The highest BCUT2D eigenvalue weighted by molar-refractivity contribution is 6.32. The van der Waals surface area contributed by atoms with E-state index in [1.165, 1.54) is 12.3 Å². The van der Waals surface area contributed by atoms with Gasteiger partial charge in [0.15, 0.2) is 5.78 Å². The van der Waals surface area contributed by atoms with Crippen molar-refractivity contribution in [2.75, 3.05) is 11.9 Å². The Labute approximate surface area is 171 Å². The molecule has 0 aliphatic carbocycles. The molecule has 9 heteroatoms. The molecule has 0 spiro atoms. The van der Waals surface area contributed by atoms with E-state index in [4.69, 9.17) is 16.3 Å². The fourth-order valence-electron chi connectivity index (χ4n) is 2.30. The third kappa shape index (κ3) is 6.74. The molecule has 2 aromatic rings. The Kier molecular flexibility index (Phi) is 7.61. The monoisotopic (exact) mass is 428 g/mol. The molecule has 1 heterocycles. The van der Waals surface area contributed by atoms with Gasteiger partial charge in [-0.05, 0) is 36.8 Å². The Morgan fingerprint density at radius 3 is 2.55 bits per heavy atom. The van der Waals surface area contributed by atoms with Gasteiger partial charge in [0.25, 0.3) is 0 Å². The fourth-order valence-corrected chi connectivity index (χ4v) is 2.53. The van der Waals surface area contributed by atoms with E-state index in [0.717, 1.165) is 18.2 Å². The first-order chi connectivity index (χ1) is 13.6. The van der Waals surface area contributed by atoms with Gasteiger partial charge in [-0.1, -0.05) is 25.4 Å². The van der Waals surface area contributed by atoms with Crippen molar-refractivity contribution in [1.82, 2.24) is 4.98 Å². The maximum Gasteiger partial charge on any atom is 0.416 e. The zero-order valence-corrected chi connectivity index (χ0v) is 16.6. The summed E-state index contributed by atoms with van der Waals surface area (Å²) in [5, 5.41) is 2.48. The summed E-state index contributed by atoms with van der Waals surface area (Å²) in [6.07, 6.45) is -2.56. The number of aromatic nitrogens is 1. The van der Waals surface area contributed by atoms with Gasteiger partial charge in [0.1, 0.15) is 11.6 Å².